The predicted octanol–water partition coefficient (Wildman–Crippen LogP) is 15.7. The van der Waals surface area contributed by atoms with Crippen LogP contribution >= 0.6 is 0 Å². The molecule has 0 atom stereocenters. The Balaban J connectivity index is 3.57. The lowest BCUT2D eigenvalue weighted by Crippen LogP contribution is -2.43. The molecule has 0 aromatic carbocycles. The van der Waals surface area contributed by atoms with Gasteiger partial charge in [0.25, 0.3) is 0 Å². The molecular weight excluding hydrogens is 556 g/mol. The summed E-state index contributed by atoms with van der Waals surface area (Å²) in [6.45, 7) is 11.0. The normalized spacial score (nSPS) is 11.9. The fourth-order valence-corrected chi connectivity index (χ4v) is 7.15. The molecule has 46 heavy (non-hydrogen) atoms. The van der Waals surface area contributed by atoms with E-state index in [1.807, 2.05) is 0 Å². The highest BCUT2D eigenvalue weighted by atomic mass is 15.2. The summed E-state index contributed by atoms with van der Waals surface area (Å²) >= 11 is 0. The summed E-state index contributed by atoms with van der Waals surface area (Å²) in [4.78, 5) is 2.48. The molecule has 0 aliphatic rings. The molecular formula is C44H88N2. The number of unbranched alkanes of at least 4 members (excludes halogenated alkanes) is 34. The molecule has 0 aromatic rings. The SMILES string of the molecule is CCCCCCCCCCCCCCCCCCCCN(CCCCCCCCCCCCCCCCCCCC)C(C)(C)C#N. The molecule has 0 rings (SSSR count). The molecule has 2 nitrogen and oxygen atoms in total. The minimum absolute atomic E-state index is 0.330. The second-order valence-electron chi connectivity index (χ2n) is 15.7. The maximum absolute atomic E-state index is 9.78. The van der Waals surface area contributed by atoms with Crippen LogP contribution in [0.4, 0.5) is 0 Å². The number of nitrogens with zero attached hydrogens (tertiary/aromatic N) is 2. The van der Waals surface area contributed by atoms with Gasteiger partial charge in [-0.15, -0.1) is 0 Å². The van der Waals surface area contributed by atoms with Crippen LogP contribution in [-0.4, -0.2) is 23.5 Å². The average molecular weight is 645 g/mol. The van der Waals surface area contributed by atoms with Gasteiger partial charge >= 0.3 is 0 Å². The highest BCUT2D eigenvalue weighted by Gasteiger charge is 2.25. The minimum atomic E-state index is -0.330. The van der Waals surface area contributed by atoms with Gasteiger partial charge in [-0.05, 0) is 39.8 Å². The Morgan fingerprint density at radius 1 is 0.326 bits per heavy atom. The topological polar surface area (TPSA) is 27.0 Å². The van der Waals surface area contributed by atoms with Gasteiger partial charge in [-0.3, -0.25) is 4.90 Å². The summed E-state index contributed by atoms with van der Waals surface area (Å²) in [6.07, 6.45) is 51.2. The van der Waals surface area contributed by atoms with Gasteiger partial charge in [0, 0.05) is 0 Å². The monoisotopic (exact) mass is 645 g/mol. The molecule has 0 saturated heterocycles. The predicted molar refractivity (Wildman–Crippen MR) is 209 cm³/mol. The second-order valence-corrected chi connectivity index (χ2v) is 15.7. The van der Waals surface area contributed by atoms with E-state index in [4.69, 9.17) is 0 Å². The molecule has 0 heterocycles. The molecule has 0 aliphatic heterocycles. The summed E-state index contributed by atoms with van der Waals surface area (Å²) in [6, 6.07) is 2.58. The molecule has 0 N–H and O–H groups in total. The van der Waals surface area contributed by atoms with E-state index < -0.39 is 0 Å². The van der Waals surface area contributed by atoms with E-state index in [0.29, 0.717) is 0 Å². The van der Waals surface area contributed by atoms with Gasteiger partial charge in [0.15, 0.2) is 0 Å². The smallest absolute Gasteiger partial charge is 0.103 e. The first-order chi connectivity index (χ1) is 22.6. The molecule has 0 bridgehead atoms. The Kier molecular flexibility index (Phi) is 36.8. The lowest BCUT2D eigenvalue weighted by Gasteiger charge is -2.33. The summed E-state index contributed by atoms with van der Waals surface area (Å²) in [5, 5.41) is 9.78. The first-order valence-electron chi connectivity index (χ1n) is 21.7. The van der Waals surface area contributed by atoms with E-state index in [9.17, 15) is 5.26 Å². The largest absolute Gasteiger partial charge is 0.286 e. The molecule has 0 radical (unpaired) electrons. The van der Waals surface area contributed by atoms with Gasteiger partial charge in [0.1, 0.15) is 5.54 Å². The first-order valence-corrected chi connectivity index (χ1v) is 21.7. The van der Waals surface area contributed by atoms with Crippen molar-refractivity contribution in [2.45, 2.75) is 264 Å². The fourth-order valence-electron chi connectivity index (χ4n) is 7.15. The Morgan fingerprint density at radius 3 is 0.674 bits per heavy atom. The number of nitriles is 1. The third-order valence-corrected chi connectivity index (χ3v) is 10.6. The second kappa shape index (κ2) is 37.3. The lowest BCUT2D eigenvalue weighted by molar-refractivity contribution is 0.160. The van der Waals surface area contributed by atoms with Gasteiger partial charge < -0.3 is 0 Å². The standard InChI is InChI=1S/C44H88N2/c1-5-7-9-11-13-15-17-19-21-23-25-27-29-31-33-35-37-39-41-46(44(3,4)43-45)42-40-38-36-34-32-30-28-26-24-22-20-18-16-14-12-10-8-6-2/h5-42H2,1-4H3. The van der Waals surface area contributed by atoms with Crippen LogP contribution in [0.5, 0.6) is 0 Å². The van der Waals surface area contributed by atoms with Gasteiger partial charge in [0.2, 0.25) is 0 Å². The van der Waals surface area contributed by atoms with Crippen molar-refractivity contribution < 1.29 is 0 Å². The highest BCUT2D eigenvalue weighted by Crippen LogP contribution is 2.19. The van der Waals surface area contributed by atoms with E-state index in [1.165, 1.54) is 231 Å². The van der Waals surface area contributed by atoms with Crippen molar-refractivity contribution >= 4 is 0 Å². The summed E-state index contributed by atoms with van der Waals surface area (Å²) < 4.78 is 0. The van der Waals surface area contributed by atoms with E-state index in [-0.39, 0.29) is 5.54 Å². The third kappa shape index (κ3) is 33.4. The Bertz CT molecular complexity index is 566. The van der Waals surface area contributed by atoms with Crippen LogP contribution in [0.25, 0.3) is 0 Å². The van der Waals surface area contributed by atoms with Crippen molar-refractivity contribution in [2.24, 2.45) is 0 Å². The zero-order valence-corrected chi connectivity index (χ0v) is 32.8. The number of rotatable bonds is 39. The van der Waals surface area contributed by atoms with E-state index in [1.54, 1.807) is 0 Å². The third-order valence-electron chi connectivity index (χ3n) is 10.6. The summed E-state index contributed by atoms with van der Waals surface area (Å²) in [5.41, 5.74) is -0.330. The van der Waals surface area contributed by atoms with Gasteiger partial charge in [-0.2, -0.15) is 5.26 Å². The van der Waals surface area contributed by atoms with Crippen LogP contribution in [0, 0.1) is 11.3 Å². The Labute approximate surface area is 293 Å². The lowest BCUT2D eigenvalue weighted by atomic mass is 10.0. The zero-order valence-electron chi connectivity index (χ0n) is 32.8. The zero-order chi connectivity index (χ0) is 33.7. The van der Waals surface area contributed by atoms with E-state index in [0.717, 1.165) is 13.1 Å². The molecule has 2 heteroatoms. The van der Waals surface area contributed by atoms with Crippen molar-refractivity contribution in [3.63, 3.8) is 0 Å². The van der Waals surface area contributed by atoms with Crippen molar-refractivity contribution in [3.8, 4) is 6.07 Å². The van der Waals surface area contributed by atoms with Crippen molar-refractivity contribution in [1.29, 1.82) is 5.26 Å². The van der Waals surface area contributed by atoms with Crippen LogP contribution in [0.1, 0.15) is 259 Å². The molecule has 0 saturated carbocycles. The van der Waals surface area contributed by atoms with E-state index >= 15 is 0 Å². The van der Waals surface area contributed by atoms with Crippen LogP contribution in [-0.2, 0) is 0 Å². The molecule has 0 fully saturated rings. The van der Waals surface area contributed by atoms with E-state index in [2.05, 4.69) is 38.7 Å². The number of hydrogen-bond acceptors (Lipinski definition) is 2. The molecule has 0 spiro atoms. The van der Waals surface area contributed by atoms with Crippen LogP contribution in [0.2, 0.25) is 0 Å². The molecule has 274 valence electrons. The van der Waals surface area contributed by atoms with Crippen LogP contribution in [0.15, 0.2) is 0 Å². The maximum Gasteiger partial charge on any atom is 0.103 e. The van der Waals surface area contributed by atoms with Gasteiger partial charge in [-0.1, -0.05) is 232 Å². The Hall–Kier alpha value is -0.550. The fraction of sp³-hybridized carbons (Fsp3) is 0.977. The minimum Gasteiger partial charge on any atom is -0.286 e. The average Bonchev–Trinajstić information content (AvgIpc) is 3.06. The van der Waals surface area contributed by atoms with Crippen molar-refractivity contribution in [2.75, 3.05) is 13.1 Å². The Morgan fingerprint density at radius 2 is 0.500 bits per heavy atom. The van der Waals surface area contributed by atoms with Gasteiger partial charge in [-0.25, -0.2) is 0 Å². The van der Waals surface area contributed by atoms with Crippen LogP contribution < -0.4 is 0 Å². The van der Waals surface area contributed by atoms with Gasteiger partial charge in [0.05, 0.1) is 6.07 Å². The first kappa shape index (κ1) is 45.5. The quantitative estimate of drug-likeness (QED) is 0.0623. The van der Waals surface area contributed by atoms with Crippen molar-refractivity contribution in [3.05, 3.63) is 0 Å². The highest BCUT2D eigenvalue weighted by molar-refractivity contribution is 5.01. The molecule has 0 amide bonds. The molecule has 0 unspecified atom stereocenters. The van der Waals surface area contributed by atoms with Crippen LogP contribution in [0.3, 0.4) is 0 Å². The number of hydrogen-bond donors (Lipinski definition) is 0. The summed E-state index contributed by atoms with van der Waals surface area (Å²) in [7, 11) is 0. The maximum atomic E-state index is 9.78. The molecule has 0 aromatic heterocycles. The van der Waals surface area contributed by atoms with Crippen molar-refractivity contribution in [1.82, 2.24) is 4.90 Å². The molecule has 0 aliphatic carbocycles. The summed E-state index contributed by atoms with van der Waals surface area (Å²) in [5.74, 6) is 0.